The molecule has 0 atom stereocenters. The fraction of sp³-hybridized carbons (Fsp3) is 0.565. The van der Waals surface area contributed by atoms with Gasteiger partial charge in [-0.3, -0.25) is 0 Å². The second kappa shape index (κ2) is 10.4. The van der Waals surface area contributed by atoms with E-state index < -0.39 is 15.6 Å². The van der Waals surface area contributed by atoms with Crippen molar-refractivity contribution in [3.63, 3.8) is 0 Å². The Kier molecular flexibility index (Phi) is 8.24. The molecule has 1 aliphatic rings. The molecule has 1 fully saturated rings. The summed E-state index contributed by atoms with van der Waals surface area (Å²) in [6.45, 7) is 9.12. The van der Waals surface area contributed by atoms with Crippen LogP contribution in [0.4, 0.5) is 4.79 Å². The lowest BCUT2D eigenvalue weighted by Gasteiger charge is -2.28. The van der Waals surface area contributed by atoms with E-state index >= 15 is 0 Å². The molecule has 1 aromatic carbocycles. The first-order chi connectivity index (χ1) is 15.3. The SMILES string of the molecule is CC(C)OC(=O)N[C@H]1CC[C@H](c2ncc(-c3ccc(Br)cc3S(=O)(=O)NC(C)(C)C)s2)CC1. The van der Waals surface area contributed by atoms with Crippen LogP contribution in [-0.2, 0) is 14.8 Å². The van der Waals surface area contributed by atoms with E-state index in [1.165, 1.54) is 11.3 Å². The molecule has 0 radical (unpaired) electrons. The van der Waals surface area contributed by atoms with Gasteiger partial charge in [0.25, 0.3) is 0 Å². The van der Waals surface area contributed by atoms with Crippen molar-refractivity contribution in [3.05, 3.63) is 33.9 Å². The molecule has 2 N–H and O–H groups in total. The maximum atomic E-state index is 13.1. The number of sulfonamides is 1. The van der Waals surface area contributed by atoms with Crippen LogP contribution in [-0.4, -0.2) is 37.2 Å². The summed E-state index contributed by atoms with van der Waals surface area (Å²) in [6, 6.07) is 5.41. The van der Waals surface area contributed by atoms with Crippen LogP contribution in [0.1, 0.15) is 71.2 Å². The maximum Gasteiger partial charge on any atom is 0.407 e. The first-order valence-corrected chi connectivity index (χ1v) is 14.2. The first-order valence-electron chi connectivity index (χ1n) is 11.1. The lowest BCUT2D eigenvalue weighted by molar-refractivity contribution is 0.109. The van der Waals surface area contributed by atoms with Gasteiger partial charge in [0.1, 0.15) is 0 Å². The molecule has 0 aliphatic heterocycles. The Bertz CT molecular complexity index is 1090. The molecular weight excluding hydrogens is 526 g/mol. The summed E-state index contributed by atoms with van der Waals surface area (Å²) in [5, 5.41) is 3.95. The minimum atomic E-state index is -3.72. The van der Waals surface area contributed by atoms with Gasteiger partial charge in [-0.1, -0.05) is 22.0 Å². The third-order valence-electron chi connectivity index (χ3n) is 5.20. The molecule has 1 aliphatic carbocycles. The number of alkyl carbamates (subject to hydrolysis) is 1. The van der Waals surface area contributed by atoms with E-state index in [1.54, 1.807) is 12.3 Å². The molecule has 3 rings (SSSR count). The topological polar surface area (TPSA) is 97.4 Å². The number of nitrogens with one attached hydrogen (secondary N) is 2. The number of aromatic nitrogens is 1. The summed E-state index contributed by atoms with van der Waals surface area (Å²) in [4.78, 5) is 17.6. The Morgan fingerprint density at radius 1 is 1.21 bits per heavy atom. The number of ether oxygens (including phenoxy) is 1. The predicted molar refractivity (Wildman–Crippen MR) is 135 cm³/mol. The van der Waals surface area contributed by atoms with E-state index in [0.717, 1.165) is 35.6 Å². The summed E-state index contributed by atoms with van der Waals surface area (Å²) in [7, 11) is -3.72. The molecule has 0 unspecified atom stereocenters. The number of benzene rings is 1. The standard InChI is InChI=1S/C23H32BrN3O4S2/c1-14(2)31-22(28)26-17-9-6-15(7-10-17)21-25-13-19(32-21)18-11-8-16(24)12-20(18)33(29,30)27-23(3,4)5/h8,11-15,17,27H,6-7,9-10H2,1-5H3,(H,26,28)/t15-,17-. The van der Waals surface area contributed by atoms with E-state index in [2.05, 4.69) is 31.0 Å². The molecule has 1 amide bonds. The van der Waals surface area contributed by atoms with Gasteiger partial charge in [0.05, 0.1) is 20.9 Å². The van der Waals surface area contributed by atoms with Gasteiger partial charge in [-0.05, 0) is 72.4 Å². The molecular formula is C23H32BrN3O4S2. The van der Waals surface area contributed by atoms with Gasteiger partial charge in [0.15, 0.2) is 0 Å². The van der Waals surface area contributed by atoms with Crippen LogP contribution in [0.3, 0.4) is 0 Å². The summed E-state index contributed by atoms with van der Waals surface area (Å²) in [5.41, 5.74) is 0.0522. The average Bonchev–Trinajstić information content (AvgIpc) is 3.16. The zero-order valence-electron chi connectivity index (χ0n) is 19.6. The fourth-order valence-corrected chi connectivity index (χ4v) is 7.25. The van der Waals surface area contributed by atoms with Crippen molar-refractivity contribution in [1.82, 2.24) is 15.0 Å². The highest BCUT2D eigenvalue weighted by Crippen LogP contribution is 2.40. The number of rotatable bonds is 6. The highest BCUT2D eigenvalue weighted by Gasteiger charge is 2.28. The lowest BCUT2D eigenvalue weighted by atomic mass is 9.86. The van der Waals surface area contributed by atoms with Crippen LogP contribution < -0.4 is 10.0 Å². The lowest BCUT2D eigenvalue weighted by Crippen LogP contribution is -2.40. The van der Waals surface area contributed by atoms with Gasteiger partial charge in [-0.15, -0.1) is 11.3 Å². The number of carbonyl (C=O) groups excluding carboxylic acids is 1. The van der Waals surface area contributed by atoms with Crippen molar-refractivity contribution < 1.29 is 17.9 Å². The Morgan fingerprint density at radius 2 is 1.88 bits per heavy atom. The number of hydrogen-bond acceptors (Lipinski definition) is 6. The molecule has 1 heterocycles. The minimum absolute atomic E-state index is 0.110. The normalized spacial score (nSPS) is 19.5. The molecule has 33 heavy (non-hydrogen) atoms. The van der Waals surface area contributed by atoms with Crippen LogP contribution in [0.5, 0.6) is 0 Å². The molecule has 1 aromatic heterocycles. The molecule has 0 saturated heterocycles. The second-order valence-corrected chi connectivity index (χ2v) is 13.3. The van der Waals surface area contributed by atoms with Crippen molar-refractivity contribution in [2.45, 2.75) is 88.8 Å². The summed E-state index contributed by atoms with van der Waals surface area (Å²) in [5.74, 6) is 0.297. The van der Waals surface area contributed by atoms with Crippen LogP contribution in [0.2, 0.25) is 0 Å². The summed E-state index contributed by atoms with van der Waals surface area (Å²) < 4.78 is 34.8. The predicted octanol–water partition coefficient (Wildman–Crippen LogP) is 5.81. The van der Waals surface area contributed by atoms with E-state index in [9.17, 15) is 13.2 Å². The quantitative estimate of drug-likeness (QED) is 0.467. The average molecular weight is 559 g/mol. The number of halogens is 1. The largest absolute Gasteiger partial charge is 0.447 e. The molecule has 0 bridgehead atoms. The van der Waals surface area contributed by atoms with Gasteiger partial charge in [0.2, 0.25) is 10.0 Å². The van der Waals surface area contributed by atoms with E-state index in [1.807, 2.05) is 46.8 Å². The molecule has 182 valence electrons. The van der Waals surface area contributed by atoms with Crippen molar-refractivity contribution in [1.29, 1.82) is 0 Å². The Hall–Kier alpha value is -1.49. The molecule has 2 aromatic rings. The van der Waals surface area contributed by atoms with E-state index in [4.69, 9.17) is 4.74 Å². The third-order valence-corrected chi connectivity index (χ3v) is 8.69. The van der Waals surface area contributed by atoms with Crippen molar-refractivity contribution >= 4 is 43.4 Å². The summed E-state index contributed by atoms with van der Waals surface area (Å²) >= 11 is 4.94. The van der Waals surface area contributed by atoms with Crippen LogP contribution in [0.25, 0.3) is 10.4 Å². The minimum Gasteiger partial charge on any atom is -0.447 e. The fourth-order valence-electron chi connectivity index (χ4n) is 3.88. The van der Waals surface area contributed by atoms with Crippen LogP contribution in [0.15, 0.2) is 33.8 Å². The smallest absolute Gasteiger partial charge is 0.407 e. The van der Waals surface area contributed by atoms with Crippen LogP contribution >= 0.6 is 27.3 Å². The van der Waals surface area contributed by atoms with E-state index in [0.29, 0.717) is 16.0 Å². The van der Waals surface area contributed by atoms with Crippen molar-refractivity contribution in [2.24, 2.45) is 0 Å². The van der Waals surface area contributed by atoms with Gasteiger partial charge in [-0.25, -0.2) is 22.9 Å². The Morgan fingerprint density at radius 3 is 2.48 bits per heavy atom. The van der Waals surface area contributed by atoms with Gasteiger partial charge in [0, 0.05) is 33.7 Å². The number of carbonyl (C=O) groups is 1. The van der Waals surface area contributed by atoms with Gasteiger partial charge < -0.3 is 10.1 Å². The second-order valence-electron chi connectivity index (χ2n) is 9.71. The number of nitrogens with zero attached hydrogens (tertiary/aromatic N) is 1. The van der Waals surface area contributed by atoms with Crippen molar-refractivity contribution in [2.75, 3.05) is 0 Å². The first kappa shape index (κ1) is 26.1. The van der Waals surface area contributed by atoms with Crippen LogP contribution in [0, 0.1) is 0 Å². The van der Waals surface area contributed by atoms with Gasteiger partial charge in [-0.2, -0.15) is 0 Å². The Labute approximate surface area is 208 Å². The maximum absolute atomic E-state index is 13.1. The third kappa shape index (κ3) is 7.24. The number of hydrogen-bond donors (Lipinski definition) is 2. The zero-order valence-corrected chi connectivity index (χ0v) is 22.9. The summed E-state index contributed by atoms with van der Waals surface area (Å²) in [6.07, 6.45) is 4.82. The molecule has 1 saturated carbocycles. The van der Waals surface area contributed by atoms with E-state index in [-0.39, 0.29) is 23.1 Å². The molecule has 0 spiro atoms. The monoisotopic (exact) mass is 557 g/mol. The highest BCUT2D eigenvalue weighted by atomic mass is 79.9. The number of amides is 1. The number of thiazole rings is 1. The van der Waals surface area contributed by atoms with Crippen molar-refractivity contribution in [3.8, 4) is 10.4 Å². The highest BCUT2D eigenvalue weighted by molar-refractivity contribution is 9.10. The Balaban J connectivity index is 1.75. The zero-order chi connectivity index (χ0) is 24.4. The molecule has 10 heteroatoms. The molecule has 7 nitrogen and oxygen atoms in total. The van der Waals surface area contributed by atoms with Gasteiger partial charge >= 0.3 is 6.09 Å².